The number of ether oxygens (including phenoxy) is 2. The van der Waals surface area contributed by atoms with Gasteiger partial charge in [-0.1, -0.05) is 85.7 Å². The average molecular weight is 606 g/mol. The van der Waals surface area contributed by atoms with E-state index in [2.05, 4.69) is 29.1 Å². The quantitative estimate of drug-likeness (QED) is 0.156. The van der Waals surface area contributed by atoms with Gasteiger partial charge >= 0.3 is 12.1 Å². The van der Waals surface area contributed by atoms with Crippen LogP contribution >= 0.6 is 0 Å². The molecule has 2 aromatic rings. The van der Waals surface area contributed by atoms with Crippen LogP contribution in [0.3, 0.4) is 0 Å². The first-order valence-corrected chi connectivity index (χ1v) is 14.9. The Kier molecular flexibility index (Phi) is 13.6. The highest BCUT2D eigenvalue weighted by atomic mass is 16.6. The standard InChI is InChI=1S/C34H43N3O7/c1-3-13-27(21-30(39)37-34(24-38)19-11-12-20-34)31(40)35-22-29(26-17-9-6-10-18-26)44-32(41)28(14-4-2)36-33(42)43-23-25-15-7-5-8-16-25/h3-10,15-18,27-29,38H,1-2,11-14,19-24H2,(H,35,40)(H,36,42)(H,37,39)/t27-,28+,29+/m0/s1. The van der Waals surface area contributed by atoms with Crippen molar-refractivity contribution in [2.24, 2.45) is 5.92 Å². The third-order valence-electron chi connectivity index (χ3n) is 7.60. The van der Waals surface area contributed by atoms with E-state index in [9.17, 15) is 24.3 Å². The largest absolute Gasteiger partial charge is 0.454 e. The number of aliphatic hydroxyl groups is 1. The van der Waals surface area contributed by atoms with Crippen molar-refractivity contribution in [3.63, 3.8) is 0 Å². The lowest BCUT2D eigenvalue weighted by atomic mass is 9.95. The molecule has 0 spiro atoms. The van der Waals surface area contributed by atoms with Crippen LogP contribution in [0.1, 0.15) is 62.2 Å². The molecule has 0 saturated heterocycles. The number of benzene rings is 2. The minimum absolute atomic E-state index is 0.0338. The molecule has 10 heteroatoms. The number of nitrogens with one attached hydrogen (secondary N) is 3. The molecule has 0 unspecified atom stereocenters. The number of amides is 3. The molecule has 0 heterocycles. The van der Waals surface area contributed by atoms with E-state index in [1.54, 1.807) is 30.3 Å². The van der Waals surface area contributed by atoms with Gasteiger partial charge in [0.25, 0.3) is 0 Å². The van der Waals surface area contributed by atoms with Crippen LogP contribution in [-0.4, -0.2) is 53.7 Å². The Morgan fingerprint density at radius 3 is 2.18 bits per heavy atom. The molecule has 1 aliphatic rings. The second kappa shape index (κ2) is 17.6. The topological polar surface area (TPSA) is 143 Å². The molecule has 1 aliphatic carbocycles. The van der Waals surface area contributed by atoms with Crippen LogP contribution in [0.2, 0.25) is 0 Å². The number of aliphatic hydroxyl groups excluding tert-OH is 1. The van der Waals surface area contributed by atoms with Crippen molar-refractivity contribution < 1.29 is 33.8 Å². The van der Waals surface area contributed by atoms with Crippen LogP contribution < -0.4 is 16.0 Å². The zero-order valence-corrected chi connectivity index (χ0v) is 25.0. The minimum Gasteiger partial charge on any atom is -0.454 e. The van der Waals surface area contributed by atoms with Gasteiger partial charge in [-0.3, -0.25) is 9.59 Å². The van der Waals surface area contributed by atoms with Crippen molar-refractivity contribution in [3.05, 3.63) is 97.1 Å². The lowest BCUT2D eigenvalue weighted by molar-refractivity contribution is -0.152. The van der Waals surface area contributed by atoms with Gasteiger partial charge in [0.05, 0.1) is 24.6 Å². The molecule has 4 N–H and O–H groups in total. The van der Waals surface area contributed by atoms with Gasteiger partial charge in [0, 0.05) is 6.42 Å². The summed E-state index contributed by atoms with van der Waals surface area (Å²) < 4.78 is 11.1. The number of carbonyl (C=O) groups is 4. The van der Waals surface area contributed by atoms with Crippen LogP contribution in [0, 0.1) is 5.92 Å². The van der Waals surface area contributed by atoms with E-state index < -0.39 is 41.6 Å². The fourth-order valence-electron chi connectivity index (χ4n) is 5.17. The molecule has 2 aromatic carbocycles. The van der Waals surface area contributed by atoms with Crippen LogP contribution in [0.5, 0.6) is 0 Å². The second-order valence-corrected chi connectivity index (χ2v) is 11.0. The van der Waals surface area contributed by atoms with E-state index in [1.807, 2.05) is 36.4 Å². The van der Waals surface area contributed by atoms with Gasteiger partial charge in [-0.25, -0.2) is 9.59 Å². The number of alkyl carbamates (subject to hydrolysis) is 1. The van der Waals surface area contributed by atoms with E-state index >= 15 is 0 Å². The van der Waals surface area contributed by atoms with Gasteiger partial charge in [0.2, 0.25) is 11.8 Å². The first kappa shape index (κ1) is 34.1. The summed E-state index contributed by atoms with van der Waals surface area (Å²) in [6.07, 6.45) is 4.93. The lowest BCUT2D eigenvalue weighted by Crippen LogP contribution is -2.50. The Balaban J connectivity index is 1.63. The Morgan fingerprint density at radius 1 is 0.932 bits per heavy atom. The third kappa shape index (κ3) is 10.7. The molecule has 44 heavy (non-hydrogen) atoms. The number of hydrogen-bond acceptors (Lipinski definition) is 7. The average Bonchev–Trinajstić information content (AvgIpc) is 3.51. The molecule has 236 valence electrons. The number of rotatable bonds is 17. The van der Waals surface area contributed by atoms with E-state index in [4.69, 9.17) is 9.47 Å². The van der Waals surface area contributed by atoms with Crippen molar-refractivity contribution in [1.29, 1.82) is 0 Å². The summed E-state index contributed by atoms with van der Waals surface area (Å²) in [4.78, 5) is 51.8. The molecule has 10 nitrogen and oxygen atoms in total. The predicted octanol–water partition coefficient (Wildman–Crippen LogP) is 4.26. The van der Waals surface area contributed by atoms with Crippen LogP contribution in [-0.2, 0) is 30.5 Å². The molecule has 0 bridgehead atoms. The molecule has 3 amide bonds. The first-order chi connectivity index (χ1) is 21.3. The minimum atomic E-state index is -1.07. The SMILES string of the molecule is C=CC[C@@H](CC(=O)NC1(CO)CCCC1)C(=O)NC[C@@H](OC(=O)[C@@H](CC=C)NC(=O)OCc1ccccc1)c1ccccc1. The lowest BCUT2D eigenvalue weighted by Gasteiger charge is -2.29. The Hall–Kier alpha value is -4.44. The van der Waals surface area contributed by atoms with Crippen molar-refractivity contribution in [3.8, 4) is 0 Å². The Labute approximate surface area is 258 Å². The van der Waals surface area contributed by atoms with E-state index in [0.29, 0.717) is 18.4 Å². The highest BCUT2D eigenvalue weighted by molar-refractivity contribution is 5.86. The normalized spacial score (nSPS) is 15.6. The predicted molar refractivity (Wildman–Crippen MR) is 166 cm³/mol. The van der Waals surface area contributed by atoms with Gasteiger partial charge in [0.1, 0.15) is 18.8 Å². The molecular weight excluding hydrogens is 562 g/mol. The van der Waals surface area contributed by atoms with Gasteiger partial charge in [0.15, 0.2) is 0 Å². The maximum atomic E-state index is 13.2. The maximum Gasteiger partial charge on any atom is 0.408 e. The number of hydrogen-bond donors (Lipinski definition) is 4. The summed E-state index contributed by atoms with van der Waals surface area (Å²) in [5.41, 5.74) is 0.793. The fraction of sp³-hybridized carbons (Fsp3) is 0.412. The summed E-state index contributed by atoms with van der Waals surface area (Å²) in [5.74, 6) is -2.14. The van der Waals surface area contributed by atoms with Crippen LogP contribution in [0.25, 0.3) is 0 Å². The summed E-state index contributed by atoms with van der Waals surface area (Å²) in [6.45, 7) is 7.22. The van der Waals surface area contributed by atoms with Crippen molar-refractivity contribution in [2.75, 3.05) is 13.2 Å². The number of allylic oxidation sites excluding steroid dienone is 1. The molecule has 1 saturated carbocycles. The zero-order valence-electron chi connectivity index (χ0n) is 25.0. The van der Waals surface area contributed by atoms with Crippen molar-refractivity contribution in [2.45, 2.75) is 69.2 Å². The molecule has 3 rings (SSSR count). The molecule has 3 atom stereocenters. The second-order valence-electron chi connectivity index (χ2n) is 11.0. The van der Waals surface area contributed by atoms with E-state index in [1.165, 1.54) is 6.08 Å². The Morgan fingerprint density at radius 2 is 1.57 bits per heavy atom. The van der Waals surface area contributed by atoms with Crippen LogP contribution in [0.15, 0.2) is 86.0 Å². The highest BCUT2D eigenvalue weighted by Crippen LogP contribution is 2.29. The third-order valence-corrected chi connectivity index (χ3v) is 7.60. The van der Waals surface area contributed by atoms with E-state index in [-0.39, 0.29) is 44.9 Å². The van der Waals surface area contributed by atoms with Gasteiger partial charge in [-0.15, -0.1) is 13.2 Å². The summed E-state index contributed by atoms with van der Waals surface area (Å²) >= 11 is 0. The molecule has 0 radical (unpaired) electrons. The summed E-state index contributed by atoms with van der Waals surface area (Å²) in [5, 5.41) is 18.1. The van der Waals surface area contributed by atoms with Crippen molar-refractivity contribution in [1.82, 2.24) is 16.0 Å². The van der Waals surface area contributed by atoms with E-state index in [0.717, 1.165) is 18.4 Å². The summed E-state index contributed by atoms with van der Waals surface area (Å²) in [6, 6.07) is 17.0. The molecule has 0 aromatic heterocycles. The molecule has 1 fully saturated rings. The number of esters is 1. The molecule has 0 aliphatic heterocycles. The van der Waals surface area contributed by atoms with Gasteiger partial charge in [-0.2, -0.15) is 0 Å². The summed E-state index contributed by atoms with van der Waals surface area (Å²) in [7, 11) is 0. The van der Waals surface area contributed by atoms with Gasteiger partial charge in [-0.05, 0) is 36.8 Å². The smallest absolute Gasteiger partial charge is 0.408 e. The van der Waals surface area contributed by atoms with Crippen LogP contribution in [0.4, 0.5) is 4.79 Å². The Bertz CT molecular complexity index is 1250. The zero-order chi connectivity index (χ0) is 31.8. The monoisotopic (exact) mass is 605 g/mol. The fourth-order valence-corrected chi connectivity index (χ4v) is 5.17. The highest BCUT2D eigenvalue weighted by Gasteiger charge is 2.35. The molecular formula is C34H43N3O7. The maximum absolute atomic E-state index is 13.2. The van der Waals surface area contributed by atoms with Gasteiger partial charge < -0.3 is 30.5 Å². The van der Waals surface area contributed by atoms with Crippen molar-refractivity contribution >= 4 is 23.9 Å². The first-order valence-electron chi connectivity index (χ1n) is 14.9. The number of carbonyl (C=O) groups excluding carboxylic acids is 4.